The summed E-state index contributed by atoms with van der Waals surface area (Å²) in [5, 5.41) is 0. The van der Waals surface area contributed by atoms with Gasteiger partial charge in [-0.3, -0.25) is 14.3 Å². The van der Waals surface area contributed by atoms with E-state index in [1.807, 2.05) is 24.3 Å². The van der Waals surface area contributed by atoms with Gasteiger partial charge in [-0.15, -0.1) is 0 Å². The van der Waals surface area contributed by atoms with Crippen LogP contribution in [0.25, 0.3) is 22.3 Å². The van der Waals surface area contributed by atoms with Crippen LogP contribution >= 0.6 is 0 Å². The SMILES string of the molecule is CC1(F)CCCc2nc3cc(-c4ccccn4)cnc3c(=O)n2C1. The molecule has 0 radical (unpaired) electrons. The average molecular weight is 324 g/mol. The number of aryl methyl sites for hydroxylation is 1. The summed E-state index contributed by atoms with van der Waals surface area (Å²) < 4.78 is 15.9. The van der Waals surface area contributed by atoms with Gasteiger partial charge in [0.05, 0.1) is 17.8 Å². The van der Waals surface area contributed by atoms with Gasteiger partial charge in [-0.25, -0.2) is 14.4 Å². The van der Waals surface area contributed by atoms with Gasteiger partial charge in [-0.1, -0.05) is 6.07 Å². The zero-order valence-corrected chi connectivity index (χ0v) is 13.4. The van der Waals surface area contributed by atoms with Crippen LogP contribution in [-0.2, 0) is 13.0 Å². The van der Waals surface area contributed by atoms with E-state index in [0.717, 1.165) is 11.3 Å². The second-order valence-electron chi connectivity index (χ2n) is 6.49. The molecule has 24 heavy (non-hydrogen) atoms. The van der Waals surface area contributed by atoms with Crippen molar-refractivity contribution in [2.45, 2.75) is 38.4 Å². The van der Waals surface area contributed by atoms with Crippen molar-refractivity contribution in [3.8, 4) is 11.3 Å². The molecule has 1 atom stereocenters. The molecule has 0 fully saturated rings. The maximum Gasteiger partial charge on any atom is 0.280 e. The molecular weight excluding hydrogens is 307 g/mol. The van der Waals surface area contributed by atoms with Crippen LogP contribution in [0.1, 0.15) is 25.6 Å². The highest BCUT2D eigenvalue weighted by Crippen LogP contribution is 2.26. The number of pyridine rings is 2. The zero-order chi connectivity index (χ0) is 16.7. The first-order chi connectivity index (χ1) is 11.5. The molecule has 4 heterocycles. The first-order valence-corrected chi connectivity index (χ1v) is 8.03. The summed E-state index contributed by atoms with van der Waals surface area (Å²) in [4.78, 5) is 25.9. The smallest absolute Gasteiger partial charge is 0.280 e. The molecule has 0 aromatic carbocycles. The Morgan fingerprint density at radius 1 is 1.29 bits per heavy atom. The molecule has 0 N–H and O–H groups in total. The Bertz CT molecular complexity index is 966. The lowest BCUT2D eigenvalue weighted by Crippen LogP contribution is -2.32. The van der Waals surface area contributed by atoms with Crippen LogP contribution in [0, 0.1) is 0 Å². The fourth-order valence-electron chi connectivity index (χ4n) is 3.20. The number of rotatable bonds is 1. The van der Waals surface area contributed by atoms with Gasteiger partial charge in [-0.2, -0.15) is 0 Å². The molecule has 4 rings (SSSR count). The molecule has 122 valence electrons. The Kier molecular flexibility index (Phi) is 3.40. The highest BCUT2D eigenvalue weighted by atomic mass is 19.1. The van der Waals surface area contributed by atoms with Gasteiger partial charge < -0.3 is 0 Å². The molecule has 5 nitrogen and oxygen atoms in total. The van der Waals surface area contributed by atoms with E-state index in [9.17, 15) is 9.18 Å². The van der Waals surface area contributed by atoms with E-state index < -0.39 is 5.67 Å². The highest BCUT2D eigenvalue weighted by molar-refractivity contribution is 5.78. The van der Waals surface area contributed by atoms with Gasteiger partial charge in [-0.05, 0) is 38.0 Å². The van der Waals surface area contributed by atoms with Gasteiger partial charge in [0.25, 0.3) is 5.56 Å². The molecule has 1 aliphatic heterocycles. The number of nitrogens with zero attached hydrogens (tertiary/aromatic N) is 4. The number of hydrogen-bond donors (Lipinski definition) is 0. The quantitative estimate of drug-likeness (QED) is 0.690. The molecular formula is C18H17FN4O. The summed E-state index contributed by atoms with van der Waals surface area (Å²) in [5.74, 6) is 0.633. The standard InChI is InChI=1S/C18H17FN4O/c1-18(19)7-4-6-15-22-14-9-12(13-5-2-3-8-20-13)10-21-16(14)17(24)23(15)11-18/h2-3,5,8-10H,4,6-7,11H2,1H3. The molecule has 0 saturated carbocycles. The third-order valence-corrected chi connectivity index (χ3v) is 4.42. The first kappa shape index (κ1) is 14.9. The van der Waals surface area contributed by atoms with Crippen molar-refractivity contribution in [3.05, 3.63) is 52.8 Å². The molecule has 0 amide bonds. The van der Waals surface area contributed by atoms with E-state index in [2.05, 4.69) is 15.0 Å². The number of alkyl halides is 1. The van der Waals surface area contributed by atoms with Crippen molar-refractivity contribution < 1.29 is 4.39 Å². The normalized spacial score (nSPS) is 20.6. The van der Waals surface area contributed by atoms with Crippen molar-refractivity contribution in [1.82, 2.24) is 19.5 Å². The maximum absolute atomic E-state index is 14.5. The van der Waals surface area contributed by atoms with Crippen LogP contribution in [0.15, 0.2) is 41.5 Å². The van der Waals surface area contributed by atoms with Crippen molar-refractivity contribution in [1.29, 1.82) is 0 Å². The lowest BCUT2D eigenvalue weighted by Gasteiger charge is -2.19. The van der Waals surface area contributed by atoms with Crippen LogP contribution in [0.4, 0.5) is 4.39 Å². The Morgan fingerprint density at radius 3 is 2.96 bits per heavy atom. The van der Waals surface area contributed by atoms with E-state index in [0.29, 0.717) is 30.6 Å². The maximum atomic E-state index is 14.5. The topological polar surface area (TPSA) is 60.7 Å². The molecule has 3 aromatic rings. The van der Waals surface area contributed by atoms with Gasteiger partial charge in [0.1, 0.15) is 11.5 Å². The predicted molar refractivity (Wildman–Crippen MR) is 89.5 cm³/mol. The molecule has 1 unspecified atom stereocenters. The molecule has 1 aliphatic rings. The Hall–Kier alpha value is -2.63. The monoisotopic (exact) mass is 324 g/mol. The zero-order valence-electron chi connectivity index (χ0n) is 13.4. The van der Waals surface area contributed by atoms with Crippen molar-refractivity contribution >= 4 is 11.0 Å². The van der Waals surface area contributed by atoms with Gasteiger partial charge in [0.2, 0.25) is 0 Å². The highest BCUT2D eigenvalue weighted by Gasteiger charge is 2.29. The summed E-state index contributed by atoms with van der Waals surface area (Å²) in [6.07, 6.45) is 5.03. The van der Waals surface area contributed by atoms with E-state index in [1.165, 1.54) is 11.5 Å². The molecule has 0 aliphatic carbocycles. The lowest BCUT2D eigenvalue weighted by molar-refractivity contribution is 0.150. The Morgan fingerprint density at radius 2 is 2.17 bits per heavy atom. The van der Waals surface area contributed by atoms with Crippen LogP contribution in [-0.4, -0.2) is 25.2 Å². The molecule has 3 aromatic heterocycles. The van der Waals surface area contributed by atoms with E-state index >= 15 is 0 Å². The molecule has 0 saturated heterocycles. The van der Waals surface area contributed by atoms with Crippen LogP contribution < -0.4 is 5.56 Å². The first-order valence-electron chi connectivity index (χ1n) is 8.03. The summed E-state index contributed by atoms with van der Waals surface area (Å²) in [6.45, 7) is 1.57. The van der Waals surface area contributed by atoms with Gasteiger partial charge in [0, 0.05) is 24.4 Å². The van der Waals surface area contributed by atoms with E-state index in [1.54, 1.807) is 12.4 Å². The van der Waals surface area contributed by atoms with Gasteiger partial charge >= 0.3 is 0 Å². The second-order valence-corrected chi connectivity index (χ2v) is 6.49. The summed E-state index contributed by atoms with van der Waals surface area (Å²) in [5.41, 5.74) is 0.739. The minimum Gasteiger partial charge on any atom is -0.292 e. The van der Waals surface area contributed by atoms with Crippen LogP contribution in [0.3, 0.4) is 0 Å². The summed E-state index contributed by atoms with van der Waals surface area (Å²) in [6, 6.07) is 7.45. The lowest BCUT2D eigenvalue weighted by atomic mass is 10.0. The fourth-order valence-corrected chi connectivity index (χ4v) is 3.20. The van der Waals surface area contributed by atoms with Crippen molar-refractivity contribution in [2.24, 2.45) is 0 Å². The minimum absolute atomic E-state index is 0.0355. The van der Waals surface area contributed by atoms with E-state index in [4.69, 9.17) is 0 Å². The van der Waals surface area contributed by atoms with Crippen molar-refractivity contribution in [2.75, 3.05) is 0 Å². The fraction of sp³-hybridized carbons (Fsp3) is 0.333. The number of hydrogen-bond acceptors (Lipinski definition) is 4. The second kappa shape index (κ2) is 5.47. The number of aromatic nitrogens is 4. The van der Waals surface area contributed by atoms with Crippen molar-refractivity contribution in [3.63, 3.8) is 0 Å². The summed E-state index contributed by atoms with van der Waals surface area (Å²) >= 11 is 0. The largest absolute Gasteiger partial charge is 0.292 e. The van der Waals surface area contributed by atoms with Crippen LogP contribution in [0.5, 0.6) is 0 Å². The van der Waals surface area contributed by atoms with E-state index in [-0.39, 0.29) is 17.6 Å². The number of fused-ring (bicyclic) bond motifs is 2. The predicted octanol–water partition coefficient (Wildman–Crippen LogP) is 2.92. The summed E-state index contributed by atoms with van der Waals surface area (Å²) in [7, 11) is 0. The minimum atomic E-state index is -1.39. The molecule has 0 bridgehead atoms. The molecule has 6 heteroatoms. The Balaban J connectivity index is 1.90. The Labute approximate surface area is 138 Å². The van der Waals surface area contributed by atoms with Gasteiger partial charge in [0.15, 0.2) is 5.52 Å². The third-order valence-electron chi connectivity index (χ3n) is 4.42. The molecule has 0 spiro atoms. The van der Waals surface area contributed by atoms with Crippen LogP contribution in [0.2, 0.25) is 0 Å². The average Bonchev–Trinajstić information content (AvgIpc) is 2.73. The number of halogens is 1. The third kappa shape index (κ3) is 2.58.